The Morgan fingerprint density at radius 3 is 2.59 bits per heavy atom. The van der Waals surface area contributed by atoms with Gasteiger partial charge in [0.15, 0.2) is 0 Å². The third kappa shape index (κ3) is 5.45. The summed E-state index contributed by atoms with van der Waals surface area (Å²) in [5.41, 5.74) is 5.96. The molecule has 212 valence electrons. The molecule has 3 heterocycles. The number of hydrogen-bond donors (Lipinski definition) is 2. The van der Waals surface area contributed by atoms with Crippen molar-refractivity contribution in [2.75, 3.05) is 39.5 Å². The molecule has 0 amide bonds. The monoisotopic (exact) mass is 552 g/mol. The van der Waals surface area contributed by atoms with Gasteiger partial charge >= 0.3 is 5.97 Å². The number of rotatable bonds is 10. The molecule has 3 aromatic carbocycles. The van der Waals surface area contributed by atoms with Gasteiger partial charge in [0.2, 0.25) is 0 Å². The van der Waals surface area contributed by atoms with Crippen LogP contribution in [0.5, 0.6) is 5.75 Å². The minimum Gasteiger partial charge on any atom is -0.493 e. The van der Waals surface area contributed by atoms with Crippen LogP contribution in [0.25, 0.3) is 32.8 Å². The Bertz CT molecular complexity index is 1690. The molecule has 0 bridgehead atoms. The van der Waals surface area contributed by atoms with Gasteiger partial charge in [-0.25, -0.2) is 4.79 Å². The minimum absolute atomic E-state index is 0.243. The Morgan fingerprint density at radius 2 is 1.76 bits per heavy atom. The van der Waals surface area contributed by atoms with Gasteiger partial charge in [-0.15, -0.1) is 0 Å². The van der Waals surface area contributed by atoms with Gasteiger partial charge in [-0.1, -0.05) is 54.6 Å². The molecule has 5 aromatic rings. The molecule has 1 fully saturated rings. The number of aromatic carboxylic acids is 1. The van der Waals surface area contributed by atoms with Crippen molar-refractivity contribution in [1.82, 2.24) is 19.7 Å². The highest BCUT2D eigenvalue weighted by atomic mass is 16.5. The number of nitrogens with zero attached hydrogens (tertiary/aromatic N) is 3. The zero-order chi connectivity index (χ0) is 28.3. The van der Waals surface area contributed by atoms with E-state index in [1.807, 2.05) is 43.3 Å². The van der Waals surface area contributed by atoms with E-state index in [1.165, 1.54) is 0 Å². The van der Waals surface area contributed by atoms with E-state index in [0.717, 1.165) is 94.9 Å². The summed E-state index contributed by atoms with van der Waals surface area (Å²) in [4.78, 5) is 18.0. The number of aryl methyl sites for hydroxylation is 2. The number of benzene rings is 3. The topological polar surface area (TPSA) is 92.6 Å². The number of aromatic amines is 1. The zero-order valence-corrected chi connectivity index (χ0v) is 23.7. The highest BCUT2D eigenvalue weighted by molar-refractivity contribution is 6.03. The Kier molecular flexibility index (Phi) is 7.76. The fourth-order valence-electron chi connectivity index (χ4n) is 6.04. The lowest BCUT2D eigenvalue weighted by atomic mass is 9.98. The second-order valence-electron chi connectivity index (χ2n) is 10.7. The average Bonchev–Trinajstić information content (AvgIpc) is 3.51. The molecule has 41 heavy (non-hydrogen) atoms. The third-order valence-corrected chi connectivity index (χ3v) is 8.12. The van der Waals surface area contributed by atoms with Crippen LogP contribution in [0.4, 0.5) is 0 Å². The molecule has 0 aliphatic carbocycles. The van der Waals surface area contributed by atoms with Crippen LogP contribution in [0.15, 0.2) is 60.7 Å². The number of aromatic nitrogens is 3. The van der Waals surface area contributed by atoms with Gasteiger partial charge in [0.1, 0.15) is 11.4 Å². The average molecular weight is 553 g/mol. The standard InChI is InChI=1S/C33H36N4O4/c1-22-30(23(2)37(35-22)16-15-36-17-20-40-21-18-36)28-12-6-11-26-27(32(33(38)39)34-31(26)28)13-7-19-41-29-14-5-9-24-8-3-4-10-25(24)29/h3-6,8-12,14,34H,7,13,15-21H2,1-2H3,(H,38,39). The molecule has 0 spiro atoms. The lowest BCUT2D eigenvalue weighted by Crippen LogP contribution is -2.38. The van der Waals surface area contributed by atoms with Crippen molar-refractivity contribution in [3.8, 4) is 16.9 Å². The number of para-hydroxylation sites is 1. The number of fused-ring (bicyclic) bond motifs is 2. The largest absolute Gasteiger partial charge is 0.493 e. The number of morpholine rings is 1. The van der Waals surface area contributed by atoms with Gasteiger partial charge in [-0.3, -0.25) is 9.58 Å². The van der Waals surface area contributed by atoms with E-state index in [9.17, 15) is 9.90 Å². The first kappa shape index (κ1) is 27.1. The highest BCUT2D eigenvalue weighted by Gasteiger charge is 2.22. The lowest BCUT2D eigenvalue weighted by Gasteiger charge is -2.26. The number of carboxylic acids is 1. The minimum atomic E-state index is -0.952. The summed E-state index contributed by atoms with van der Waals surface area (Å²) in [6.07, 6.45) is 1.28. The van der Waals surface area contributed by atoms with Crippen LogP contribution in [0.3, 0.4) is 0 Å². The zero-order valence-electron chi connectivity index (χ0n) is 23.7. The van der Waals surface area contributed by atoms with Crippen molar-refractivity contribution >= 4 is 27.6 Å². The number of carboxylic acid groups (broad SMARTS) is 1. The molecule has 2 N–H and O–H groups in total. The summed E-state index contributed by atoms with van der Waals surface area (Å²) < 4.78 is 13.7. The molecule has 1 aliphatic rings. The summed E-state index contributed by atoms with van der Waals surface area (Å²) in [7, 11) is 0. The Morgan fingerprint density at radius 1 is 1.00 bits per heavy atom. The van der Waals surface area contributed by atoms with Crippen LogP contribution in [-0.2, 0) is 17.7 Å². The molecule has 2 aromatic heterocycles. The van der Waals surface area contributed by atoms with Crippen molar-refractivity contribution in [3.63, 3.8) is 0 Å². The number of nitrogens with one attached hydrogen (secondary N) is 1. The maximum absolute atomic E-state index is 12.3. The van der Waals surface area contributed by atoms with Crippen molar-refractivity contribution in [2.24, 2.45) is 0 Å². The summed E-state index contributed by atoms with van der Waals surface area (Å²) in [5.74, 6) is -0.105. The fraction of sp³-hybridized carbons (Fsp3) is 0.333. The number of H-pyrrole nitrogens is 1. The molecular formula is C33H36N4O4. The summed E-state index contributed by atoms with van der Waals surface area (Å²) in [6, 6.07) is 20.3. The summed E-state index contributed by atoms with van der Waals surface area (Å²) in [5, 5.41) is 18.1. The SMILES string of the molecule is Cc1nn(CCN2CCOCC2)c(C)c1-c1cccc2c(CCCOc3cccc4ccccc34)c(C(=O)O)[nH]c12. The molecule has 8 nitrogen and oxygen atoms in total. The van der Waals surface area contributed by atoms with E-state index in [2.05, 4.69) is 45.8 Å². The second-order valence-corrected chi connectivity index (χ2v) is 10.7. The first-order valence-electron chi connectivity index (χ1n) is 14.3. The predicted molar refractivity (Wildman–Crippen MR) is 161 cm³/mol. The lowest BCUT2D eigenvalue weighted by molar-refractivity contribution is 0.0359. The number of ether oxygens (including phenoxy) is 2. The fourth-order valence-corrected chi connectivity index (χ4v) is 6.04. The third-order valence-electron chi connectivity index (χ3n) is 8.12. The van der Waals surface area contributed by atoms with Crippen LogP contribution in [0, 0.1) is 13.8 Å². The van der Waals surface area contributed by atoms with Crippen molar-refractivity contribution < 1.29 is 19.4 Å². The number of hydrogen-bond acceptors (Lipinski definition) is 5. The smallest absolute Gasteiger partial charge is 0.352 e. The van der Waals surface area contributed by atoms with Crippen molar-refractivity contribution in [2.45, 2.75) is 33.2 Å². The van der Waals surface area contributed by atoms with E-state index in [0.29, 0.717) is 19.4 Å². The van der Waals surface area contributed by atoms with Gasteiger partial charge in [-0.2, -0.15) is 5.10 Å². The number of carbonyl (C=O) groups is 1. The highest BCUT2D eigenvalue weighted by Crippen LogP contribution is 2.36. The van der Waals surface area contributed by atoms with Crippen molar-refractivity contribution in [3.05, 3.63) is 83.3 Å². The van der Waals surface area contributed by atoms with Crippen molar-refractivity contribution in [1.29, 1.82) is 0 Å². The quantitative estimate of drug-likeness (QED) is 0.211. The molecule has 0 atom stereocenters. The van der Waals surface area contributed by atoms with E-state index < -0.39 is 5.97 Å². The van der Waals surface area contributed by atoms with Gasteiger partial charge in [-0.05, 0) is 43.7 Å². The Labute approximate surface area is 239 Å². The predicted octanol–water partition coefficient (Wildman–Crippen LogP) is 5.84. The van der Waals surface area contributed by atoms with E-state index in [1.54, 1.807) is 0 Å². The Balaban J connectivity index is 1.24. The second kappa shape index (κ2) is 11.8. The van der Waals surface area contributed by atoms with Gasteiger partial charge < -0.3 is 19.6 Å². The van der Waals surface area contributed by atoms with E-state index in [-0.39, 0.29) is 5.69 Å². The molecule has 0 radical (unpaired) electrons. The van der Waals surface area contributed by atoms with E-state index >= 15 is 0 Å². The molecule has 6 rings (SSSR count). The van der Waals surface area contributed by atoms with Gasteiger partial charge in [0.25, 0.3) is 0 Å². The normalized spacial score (nSPS) is 14.2. The maximum Gasteiger partial charge on any atom is 0.352 e. The molecular weight excluding hydrogens is 516 g/mol. The van der Waals surface area contributed by atoms with Crippen LogP contribution in [-0.4, -0.2) is 70.2 Å². The van der Waals surface area contributed by atoms with Gasteiger partial charge in [0.05, 0.1) is 37.6 Å². The maximum atomic E-state index is 12.3. The molecule has 8 heteroatoms. The molecule has 0 unspecified atom stereocenters. The van der Waals surface area contributed by atoms with Crippen LogP contribution in [0.1, 0.15) is 33.9 Å². The molecule has 1 saturated heterocycles. The van der Waals surface area contributed by atoms with E-state index in [4.69, 9.17) is 14.6 Å². The first-order valence-corrected chi connectivity index (χ1v) is 14.3. The molecule has 1 aliphatic heterocycles. The summed E-state index contributed by atoms with van der Waals surface area (Å²) >= 11 is 0. The van der Waals surface area contributed by atoms with Crippen LogP contribution in [0.2, 0.25) is 0 Å². The Hall–Kier alpha value is -4.14. The summed E-state index contributed by atoms with van der Waals surface area (Å²) in [6.45, 7) is 9.79. The van der Waals surface area contributed by atoms with Gasteiger partial charge in [0, 0.05) is 47.2 Å². The first-order chi connectivity index (χ1) is 20.0. The molecule has 0 saturated carbocycles. The van der Waals surface area contributed by atoms with Crippen LogP contribution < -0.4 is 4.74 Å². The van der Waals surface area contributed by atoms with Crippen LogP contribution >= 0.6 is 0 Å².